The molecule has 2 N–H and O–H groups in total. The quantitative estimate of drug-likeness (QED) is 0.836. The number of halogens is 3. The summed E-state index contributed by atoms with van der Waals surface area (Å²) in [6.45, 7) is 0. The SMILES string of the molecule is O=C(Nc1c(Br)cccc1C(=O)O)c1cc(Cl)nnc1Cl. The third kappa shape index (κ3) is 3.49. The Balaban J connectivity index is 2.41. The lowest BCUT2D eigenvalue weighted by Gasteiger charge is -2.11. The van der Waals surface area contributed by atoms with E-state index in [2.05, 4.69) is 31.4 Å². The molecule has 108 valence electrons. The minimum atomic E-state index is -1.18. The zero-order valence-corrected chi connectivity index (χ0v) is 13.2. The number of rotatable bonds is 3. The van der Waals surface area contributed by atoms with Crippen molar-refractivity contribution in [2.24, 2.45) is 0 Å². The molecule has 0 atom stereocenters. The van der Waals surface area contributed by atoms with Crippen LogP contribution in [0.5, 0.6) is 0 Å². The first kappa shape index (κ1) is 15.7. The normalized spacial score (nSPS) is 10.2. The molecule has 6 nitrogen and oxygen atoms in total. The highest BCUT2D eigenvalue weighted by molar-refractivity contribution is 9.10. The summed E-state index contributed by atoms with van der Waals surface area (Å²) in [5.74, 6) is -1.82. The van der Waals surface area contributed by atoms with E-state index in [-0.39, 0.29) is 27.1 Å². The summed E-state index contributed by atoms with van der Waals surface area (Å²) in [6, 6.07) is 5.74. The summed E-state index contributed by atoms with van der Waals surface area (Å²) < 4.78 is 0.417. The number of para-hydroxylation sites is 1. The molecule has 0 saturated carbocycles. The minimum absolute atomic E-state index is 0.00450. The van der Waals surface area contributed by atoms with Gasteiger partial charge in [0.15, 0.2) is 10.3 Å². The Bertz CT molecular complexity index is 740. The predicted octanol–water partition coefficient (Wildman–Crippen LogP) is 3.50. The number of aromatic nitrogens is 2. The van der Waals surface area contributed by atoms with E-state index in [9.17, 15) is 9.59 Å². The number of hydrogen-bond donors (Lipinski definition) is 2. The number of nitrogens with one attached hydrogen (secondary N) is 1. The number of carbonyl (C=O) groups excluding carboxylic acids is 1. The summed E-state index contributed by atoms with van der Waals surface area (Å²) >= 11 is 14.6. The molecule has 0 bridgehead atoms. The van der Waals surface area contributed by atoms with Gasteiger partial charge in [-0.3, -0.25) is 4.79 Å². The van der Waals surface area contributed by atoms with E-state index in [4.69, 9.17) is 28.3 Å². The van der Waals surface area contributed by atoms with E-state index >= 15 is 0 Å². The van der Waals surface area contributed by atoms with Crippen molar-refractivity contribution in [3.8, 4) is 0 Å². The standard InChI is InChI=1S/C12H6BrCl2N3O3/c13-7-3-1-2-5(12(20)21)9(7)16-11(19)6-4-8(14)17-18-10(6)15/h1-4H,(H,16,19)(H,20,21). The van der Waals surface area contributed by atoms with Gasteiger partial charge in [0.1, 0.15) is 0 Å². The number of carbonyl (C=O) groups is 2. The molecule has 2 aromatic rings. The van der Waals surface area contributed by atoms with E-state index in [1.165, 1.54) is 12.1 Å². The van der Waals surface area contributed by atoms with E-state index in [1.807, 2.05) is 0 Å². The van der Waals surface area contributed by atoms with Crippen LogP contribution in [0.1, 0.15) is 20.7 Å². The van der Waals surface area contributed by atoms with Gasteiger partial charge >= 0.3 is 5.97 Å². The van der Waals surface area contributed by atoms with Crippen molar-refractivity contribution in [3.63, 3.8) is 0 Å². The number of hydrogen-bond acceptors (Lipinski definition) is 4. The average Bonchev–Trinajstić information content (AvgIpc) is 2.43. The van der Waals surface area contributed by atoms with Crippen molar-refractivity contribution in [3.05, 3.63) is 50.2 Å². The molecule has 1 heterocycles. The van der Waals surface area contributed by atoms with Crippen LogP contribution in [0.2, 0.25) is 10.3 Å². The van der Waals surface area contributed by atoms with Crippen molar-refractivity contribution in [1.29, 1.82) is 0 Å². The van der Waals surface area contributed by atoms with Gasteiger partial charge in [-0.2, -0.15) is 0 Å². The summed E-state index contributed by atoms with van der Waals surface area (Å²) in [6.07, 6.45) is 0. The second kappa shape index (κ2) is 6.38. The van der Waals surface area contributed by atoms with E-state index in [1.54, 1.807) is 12.1 Å². The number of nitrogens with zero attached hydrogens (tertiary/aromatic N) is 2. The molecular formula is C12H6BrCl2N3O3. The Morgan fingerprint density at radius 2 is 1.90 bits per heavy atom. The average molecular weight is 391 g/mol. The van der Waals surface area contributed by atoms with Crippen molar-refractivity contribution < 1.29 is 14.7 Å². The smallest absolute Gasteiger partial charge is 0.337 e. The van der Waals surface area contributed by atoms with Crippen LogP contribution < -0.4 is 5.32 Å². The molecule has 0 saturated heterocycles. The molecule has 0 aliphatic carbocycles. The van der Waals surface area contributed by atoms with Crippen LogP contribution in [0.15, 0.2) is 28.7 Å². The Kier molecular flexibility index (Phi) is 4.76. The van der Waals surface area contributed by atoms with E-state index in [0.717, 1.165) is 0 Å². The molecule has 9 heteroatoms. The fraction of sp³-hybridized carbons (Fsp3) is 0. The van der Waals surface area contributed by atoms with Gasteiger partial charge in [-0.15, -0.1) is 10.2 Å². The van der Waals surface area contributed by atoms with Crippen LogP contribution in [0.25, 0.3) is 0 Å². The molecule has 0 fully saturated rings. The Hall–Kier alpha value is -1.70. The highest BCUT2D eigenvalue weighted by Crippen LogP contribution is 2.28. The maximum Gasteiger partial charge on any atom is 0.337 e. The van der Waals surface area contributed by atoms with Crippen molar-refractivity contribution in [2.45, 2.75) is 0 Å². The number of anilines is 1. The number of carboxylic acid groups (broad SMARTS) is 1. The van der Waals surface area contributed by atoms with Gasteiger partial charge in [0.2, 0.25) is 0 Å². The van der Waals surface area contributed by atoms with Crippen LogP contribution in [0.4, 0.5) is 5.69 Å². The molecule has 0 unspecified atom stereocenters. The third-order valence-electron chi connectivity index (χ3n) is 2.45. The molecular weight excluding hydrogens is 385 g/mol. The summed E-state index contributed by atoms with van der Waals surface area (Å²) in [5.41, 5.74) is 0.0321. The van der Waals surface area contributed by atoms with Gasteiger partial charge < -0.3 is 10.4 Å². The fourth-order valence-corrected chi connectivity index (χ4v) is 2.31. The summed E-state index contributed by atoms with van der Waals surface area (Å²) in [7, 11) is 0. The molecule has 0 aliphatic rings. The van der Waals surface area contributed by atoms with Crippen molar-refractivity contribution >= 4 is 56.7 Å². The minimum Gasteiger partial charge on any atom is -0.478 e. The Morgan fingerprint density at radius 3 is 2.57 bits per heavy atom. The highest BCUT2D eigenvalue weighted by Gasteiger charge is 2.19. The number of aromatic carboxylic acids is 1. The van der Waals surface area contributed by atoms with Crippen LogP contribution in [0.3, 0.4) is 0 Å². The lowest BCUT2D eigenvalue weighted by atomic mass is 10.1. The number of benzene rings is 1. The third-order valence-corrected chi connectivity index (χ3v) is 3.57. The van der Waals surface area contributed by atoms with Gasteiger partial charge in [0, 0.05) is 4.47 Å². The van der Waals surface area contributed by atoms with Crippen molar-refractivity contribution in [1.82, 2.24) is 10.2 Å². The number of carboxylic acids is 1. The molecule has 0 radical (unpaired) electrons. The lowest BCUT2D eigenvalue weighted by molar-refractivity contribution is 0.0698. The van der Waals surface area contributed by atoms with Crippen LogP contribution in [0, 0.1) is 0 Å². The van der Waals surface area contributed by atoms with Gasteiger partial charge in [0.05, 0.1) is 16.8 Å². The maximum atomic E-state index is 12.2. The first-order chi connectivity index (χ1) is 9.90. The first-order valence-electron chi connectivity index (χ1n) is 5.42. The maximum absolute atomic E-state index is 12.2. The lowest BCUT2D eigenvalue weighted by Crippen LogP contribution is -2.16. The molecule has 0 spiro atoms. The second-order valence-electron chi connectivity index (χ2n) is 3.79. The van der Waals surface area contributed by atoms with Gasteiger partial charge in [-0.1, -0.05) is 29.3 Å². The fourth-order valence-electron chi connectivity index (χ4n) is 1.52. The second-order valence-corrected chi connectivity index (χ2v) is 5.39. The molecule has 1 aromatic heterocycles. The van der Waals surface area contributed by atoms with Gasteiger partial charge in [0.25, 0.3) is 5.91 Å². The highest BCUT2D eigenvalue weighted by atomic mass is 79.9. The molecule has 21 heavy (non-hydrogen) atoms. The van der Waals surface area contributed by atoms with Crippen LogP contribution in [-0.2, 0) is 0 Å². The van der Waals surface area contributed by atoms with Gasteiger partial charge in [-0.05, 0) is 34.1 Å². The van der Waals surface area contributed by atoms with Crippen LogP contribution in [-0.4, -0.2) is 27.2 Å². The number of amides is 1. The Labute approximate surface area is 137 Å². The molecule has 0 aliphatic heterocycles. The summed E-state index contributed by atoms with van der Waals surface area (Å²) in [5, 5.41) is 18.5. The predicted molar refractivity (Wildman–Crippen MR) is 81.1 cm³/mol. The molecule has 2 rings (SSSR count). The van der Waals surface area contributed by atoms with Gasteiger partial charge in [-0.25, -0.2) is 4.79 Å². The van der Waals surface area contributed by atoms with E-state index in [0.29, 0.717) is 4.47 Å². The first-order valence-corrected chi connectivity index (χ1v) is 6.97. The topological polar surface area (TPSA) is 92.2 Å². The molecule has 1 aromatic carbocycles. The van der Waals surface area contributed by atoms with Crippen molar-refractivity contribution in [2.75, 3.05) is 5.32 Å². The molecule has 1 amide bonds. The van der Waals surface area contributed by atoms with E-state index < -0.39 is 11.9 Å². The Morgan fingerprint density at radius 1 is 1.19 bits per heavy atom. The summed E-state index contributed by atoms with van der Waals surface area (Å²) in [4.78, 5) is 23.3. The monoisotopic (exact) mass is 389 g/mol. The zero-order chi connectivity index (χ0) is 15.6. The van der Waals surface area contributed by atoms with Crippen LogP contribution >= 0.6 is 39.1 Å². The zero-order valence-electron chi connectivity index (χ0n) is 10.1. The largest absolute Gasteiger partial charge is 0.478 e.